The van der Waals surface area contributed by atoms with Crippen LogP contribution in [0.15, 0.2) is 29.2 Å². The molecule has 0 radical (unpaired) electrons. The molecule has 6 heteroatoms. The highest BCUT2D eigenvalue weighted by molar-refractivity contribution is 7.99. The van der Waals surface area contributed by atoms with Gasteiger partial charge in [-0.15, -0.1) is 0 Å². The SMILES string of the molecule is O=C(Nc1cccc(SC(F)F)c1)C1CCNC1. The molecule has 0 bridgehead atoms. The van der Waals surface area contributed by atoms with Crippen molar-refractivity contribution < 1.29 is 13.6 Å². The van der Waals surface area contributed by atoms with Crippen LogP contribution in [0, 0.1) is 5.92 Å². The molecule has 1 aliphatic heterocycles. The normalized spacial score (nSPS) is 19.2. The molecule has 0 aliphatic carbocycles. The van der Waals surface area contributed by atoms with Crippen molar-refractivity contribution in [3.63, 3.8) is 0 Å². The van der Waals surface area contributed by atoms with Crippen LogP contribution >= 0.6 is 11.8 Å². The zero-order valence-electron chi connectivity index (χ0n) is 9.66. The molecule has 1 saturated heterocycles. The quantitative estimate of drug-likeness (QED) is 0.828. The van der Waals surface area contributed by atoms with Gasteiger partial charge in [0.1, 0.15) is 0 Å². The van der Waals surface area contributed by atoms with Crippen molar-refractivity contribution in [3.05, 3.63) is 24.3 Å². The molecule has 0 spiro atoms. The smallest absolute Gasteiger partial charge is 0.288 e. The molecule has 1 amide bonds. The van der Waals surface area contributed by atoms with E-state index >= 15 is 0 Å². The molecule has 1 aromatic rings. The topological polar surface area (TPSA) is 41.1 Å². The van der Waals surface area contributed by atoms with Gasteiger partial charge in [0.05, 0.1) is 5.92 Å². The number of rotatable bonds is 4. The number of hydrogen-bond donors (Lipinski definition) is 2. The van der Waals surface area contributed by atoms with Crippen molar-refractivity contribution in [2.75, 3.05) is 18.4 Å². The second kappa shape index (κ2) is 6.15. The summed E-state index contributed by atoms with van der Waals surface area (Å²) in [5.41, 5.74) is 0.567. The molecule has 0 aromatic heterocycles. The first-order valence-corrected chi connectivity index (χ1v) is 6.59. The number of benzene rings is 1. The van der Waals surface area contributed by atoms with Crippen LogP contribution in [0.3, 0.4) is 0 Å². The third kappa shape index (κ3) is 3.68. The van der Waals surface area contributed by atoms with Gasteiger partial charge in [0.2, 0.25) is 5.91 Å². The lowest BCUT2D eigenvalue weighted by atomic mass is 10.1. The fraction of sp³-hybridized carbons (Fsp3) is 0.417. The Morgan fingerprint density at radius 3 is 3.00 bits per heavy atom. The van der Waals surface area contributed by atoms with Gasteiger partial charge in [0, 0.05) is 17.1 Å². The Kier molecular flexibility index (Phi) is 4.54. The number of amides is 1. The molecule has 1 fully saturated rings. The highest BCUT2D eigenvalue weighted by Gasteiger charge is 2.22. The lowest BCUT2D eigenvalue weighted by Crippen LogP contribution is -2.24. The van der Waals surface area contributed by atoms with Gasteiger partial charge in [0.15, 0.2) is 0 Å². The molecule has 18 heavy (non-hydrogen) atoms. The summed E-state index contributed by atoms with van der Waals surface area (Å²) >= 11 is 0.475. The molecule has 3 nitrogen and oxygen atoms in total. The van der Waals surface area contributed by atoms with Crippen molar-refractivity contribution in [1.29, 1.82) is 0 Å². The third-order valence-corrected chi connectivity index (χ3v) is 3.46. The number of alkyl halides is 2. The second-order valence-electron chi connectivity index (χ2n) is 4.09. The average Bonchev–Trinajstić information content (AvgIpc) is 2.81. The molecule has 1 unspecified atom stereocenters. The first kappa shape index (κ1) is 13.3. The maximum Gasteiger partial charge on any atom is 0.288 e. The van der Waals surface area contributed by atoms with Gasteiger partial charge in [-0.1, -0.05) is 17.8 Å². The zero-order chi connectivity index (χ0) is 13.0. The number of nitrogens with one attached hydrogen (secondary N) is 2. The summed E-state index contributed by atoms with van der Waals surface area (Å²) in [5.74, 6) is -2.54. The summed E-state index contributed by atoms with van der Waals surface area (Å²) in [4.78, 5) is 12.3. The van der Waals surface area contributed by atoms with Crippen molar-refractivity contribution >= 4 is 23.4 Å². The maximum absolute atomic E-state index is 12.2. The number of halogens is 2. The minimum absolute atomic E-state index is 0.0311. The standard InChI is InChI=1S/C12H14F2N2OS/c13-12(14)18-10-3-1-2-9(6-10)16-11(17)8-4-5-15-7-8/h1-3,6,8,12,15H,4-5,7H2,(H,16,17). The average molecular weight is 272 g/mol. The first-order valence-electron chi connectivity index (χ1n) is 5.71. The Morgan fingerprint density at radius 2 is 2.33 bits per heavy atom. The molecule has 1 heterocycles. The summed E-state index contributed by atoms with van der Waals surface area (Å²) < 4.78 is 24.5. The van der Waals surface area contributed by atoms with Crippen molar-refractivity contribution in [2.45, 2.75) is 17.1 Å². The summed E-state index contributed by atoms with van der Waals surface area (Å²) in [5, 5.41) is 5.87. The minimum atomic E-state index is -2.45. The van der Waals surface area contributed by atoms with Crippen LogP contribution in [0.4, 0.5) is 14.5 Å². The highest BCUT2D eigenvalue weighted by Crippen LogP contribution is 2.27. The van der Waals surface area contributed by atoms with Crippen LogP contribution in [-0.2, 0) is 4.79 Å². The van der Waals surface area contributed by atoms with Gasteiger partial charge in [-0.3, -0.25) is 4.79 Å². The lowest BCUT2D eigenvalue weighted by molar-refractivity contribution is -0.119. The molecule has 1 atom stereocenters. The number of anilines is 1. The largest absolute Gasteiger partial charge is 0.326 e. The lowest BCUT2D eigenvalue weighted by Gasteiger charge is -2.10. The van der Waals surface area contributed by atoms with Gasteiger partial charge >= 0.3 is 0 Å². The van der Waals surface area contributed by atoms with E-state index in [1.165, 1.54) is 0 Å². The monoisotopic (exact) mass is 272 g/mol. The molecule has 1 aliphatic rings. The Balaban J connectivity index is 1.97. The van der Waals surface area contributed by atoms with Crippen LogP contribution in [0.5, 0.6) is 0 Å². The fourth-order valence-electron chi connectivity index (χ4n) is 1.87. The van der Waals surface area contributed by atoms with E-state index < -0.39 is 5.76 Å². The molecule has 2 N–H and O–H groups in total. The number of carbonyl (C=O) groups is 1. The van der Waals surface area contributed by atoms with Crippen LogP contribution in [0.25, 0.3) is 0 Å². The number of carbonyl (C=O) groups excluding carboxylic acids is 1. The van der Waals surface area contributed by atoms with Gasteiger partial charge in [-0.2, -0.15) is 8.78 Å². The summed E-state index contributed by atoms with van der Waals surface area (Å²) in [7, 11) is 0. The Bertz CT molecular complexity index is 422. The van der Waals surface area contributed by atoms with E-state index in [1.807, 2.05) is 0 Å². The van der Waals surface area contributed by atoms with E-state index in [9.17, 15) is 13.6 Å². The molecule has 0 saturated carbocycles. The van der Waals surface area contributed by atoms with Crippen LogP contribution in [-0.4, -0.2) is 24.8 Å². The summed E-state index contributed by atoms with van der Waals surface area (Å²) in [6.07, 6.45) is 0.817. The fourth-order valence-corrected chi connectivity index (χ4v) is 2.43. The van der Waals surface area contributed by atoms with Gasteiger partial charge in [-0.05, 0) is 31.2 Å². The van der Waals surface area contributed by atoms with E-state index in [0.29, 0.717) is 28.9 Å². The van der Waals surface area contributed by atoms with E-state index in [0.717, 1.165) is 13.0 Å². The predicted octanol–water partition coefficient (Wildman–Crippen LogP) is 2.55. The molecular formula is C12H14F2N2OS. The van der Waals surface area contributed by atoms with Crippen molar-refractivity contribution in [1.82, 2.24) is 5.32 Å². The van der Waals surface area contributed by atoms with Crippen LogP contribution in [0.1, 0.15) is 6.42 Å². The molecule has 98 valence electrons. The maximum atomic E-state index is 12.2. The summed E-state index contributed by atoms with van der Waals surface area (Å²) in [6.45, 7) is 1.52. The Morgan fingerprint density at radius 1 is 1.50 bits per heavy atom. The van der Waals surface area contributed by atoms with Crippen molar-refractivity contribution in [2.24, 2.45) is 5.92 Å². The van der Waals surface area contributed by atoms with Gasteiger partial charge < -0.3 is 10.6 Å². The first-order chi connectivity index (χ1) is 8.65. The van der Waals surface area contributed by atoms with Gasteiger partial charge in [-0.25, -0.2) is 0 Å². The van der Waals surface area contributed by atoms with Crippen LogP contribution < -0.4 is 10.6 Å². The molecular weight excluding hydrogens is 258 g/mol. The second-order valence-corrected chi connectivity index (χ2v) is 5.15. The van der Waals surface area contributed by atoms with E-state index in [-0.39, 0.29) is 11.8 Å². The number of thioether (sulfide) groups is 1. The summed E-state index contributed by atoms with van der Waals surface area (Å²) in [6, 6.07) is 6.53. The van der Waals surface area contributed by atoms with E-state index in [4.69, 9.17) is 0 Å². The van der Waals surface area contributed by atoms with Crippen LogP contribution in [0.2, 0.25) is 0 Å². The Labute approximate surface area is 108 Å². The predicted molar refractivity (Wildman–Crippen MR) is 67.9 cm³/mol. The van der Waals surface area contributed by atoms with Crippen molar-refractivity contribution in [3.8, 4) is 0 Å². The third-order valence-electron chi connectivity index (χ3n) is 2.76. The Hall–Kier alpha value is -1.14. The highest BCUT2D eigenvalue weighted by atomic mass is 32.2. The van der Waals surface area contributed by atoms with E-state index in [1.54, 1.807) is 24.3 Å². The van der Waals surface area contributed by atoms with E-state index in [2.05, 4.69) is 10.6 Å². The van der Waals surface area contributed by atoms with Gasteiger partial charge in [0.25, 0.3) is 5.76 Å². The zero-order valence-corrected chi connectivity index (χ0v) is 10.5. The number of hydrogen-bond acceptors (Lipinski definition) is 3. The molecule has 2 rings (SSSR count). The minimum Gasteiger partial charge on any atom is -0.326 e. The molecule has 1 aromatic carbocycles.